The van der Waals surface area contributed by atoms with Crippen molar-refractivity contribution in [3.8, 4) is 34.0 Å². The number of phenolic OH excluding ortho intramolecular Hbond substituents is 2. The molecule has 3 heterocycles. The van der Waals surface area contributed by atoms with Gasteiger partial charge in [-0.15, -0.1) is 0 Å². The zero-order valence-electron chi connectivity index (χ0n) is 27.2. The third-order valence-electron chi connectivity index (χ3n) is 9.38. The molecule has 1 aliphatic heterocycles. The maximum atomic E-state index is 15.1. The largest absolute Gasteiger partial charge is 0.508 e. The monoisotopic (exact) mass is 670 g/mol. The number of nitrogens with one attached hydrogen (secondary N) is 2. The summed E-state index contributed by atoms with van der Waals surface area (Å²) in [6, 6.07) is 30.7. The van der Waals surface area contributed by atoms with Crippen LogP contribution in [0.25, 0.3) is 22.5 Å². The minimum atomic E-state index is -1.33. The molecule has 6 N–H and O–H groups in total. The molecule has 254 valence electrons. The second kappa shape index (κ2) is 14.3. The number of carbonyl (C=O) groups excluding carboxylic acids is 1. The minimum absolute atomic E-state index is 0.108. The van der Waals surface area contributed by atoms with Crippen molar-refractivity contribution >= 4 is 6.03 Å². The molecule has 0 aliphatic carbocycles. The lowest BCUT2D eigenvalue weighted by Gasteiger charge is -2.36. The van der Waals surface area contributed by atoms with Gasteiger partial charge in [-0.2, -0.15) is 10.2 Å². The van der Waals surface area contributed by atoms with Gasteiger partial charge in [-0.25, -0.2) is 4.79 Å². The lowest BCUT2D eigenvalue weighted by atomic mass is 9.90. The van der Waals surface area contributed by atoms with Gasteiger partial charge < -0.3 is 30.2 Å². The number of aliphatic hydroxyl groups is 2. The van der Waals surface area contributed by atoms with Crippen LogP contribution in [0.15, 0.2) is 122 Å². The fraction of sp³-hybridized carbons (Fsp3) is 0.205. The number of aromatic amines is 2. The molecular formula is C39H38N6O5. The highest BCUT2D eigenvalue weighted by molar-refractivity contribution is 5.76. The van der Waals surface area contributed by atoms with Crippen LogP contribution in [-0.4, -0.2) is 80.9 Å². The summed E-state index contributed by atoms with van der Waals surface area (Å²) in [6.07, 6.45) is 1.18. The summed E-state index contributed by atoms with van der Waals surface area (Å²) < 4.78 is 0. The molecule has 6 aromatic rings. The molecule has 1 fully saturated rings. The summed E-state index contributed by atoms with van der Waals surface area (Å²) in [6.45, 7) is 0.313. The predicted octanol–water partition coefficient (Wildman–Crippen LogP) is 5.26. The number of rotatable bonds is 10. The van der Waals surface area contributed by atoms with Crippen molar-refractivity contribution < 1.29 is 25.2 Å². The quantitative estimate of drug-likeness (QED) is 0.116. The maximum Gasteiger partial charge on any atom is 0.321 e. The topological polar surface area (TPSA) is 162 Å². The molecule has 2 aromatic heterocycles. The zero-order chi connectivity index (χ0) is 34.6. The van der Waals surface area contributed by atoms with E-state index in [0.29, 0.717) is 0 Å². The summed E-state index contributed by atoms with van der Waals surface area (Å²) in [5.41, 5.74) is 6.71. The smallest absolute Gasteiger partial charge is 0.321 e. The first-order valence-corrected chi connectivity index (χ1v) is 16.5. The van der Waals surface area contributed by atoms with E-state index in [2.05, 4.69) is 20.4 Å². The van der Waals surface area contributed by atoms with Crippen LogP contribution in [0.3, 0.4) is 0 Å². The Bertz CT molecular complexity index is 1870. The first-order valence-electron chi connectivity index (χ1n) is 16.5. The van der Waals surface area contributed by atoms with Gasteiger partial charge in [0.05, 0.1) is 23.5 Å². The molecule has 50 heavy (non-hydrogen) atoms. The van der Waals surface area contributed by atoms with Crippen molar-refractivity contribution in [1.82, 2.24) is 30.2 Å². The summed E-state index contributed by atoms with van der Waals surface area (Å²) in [7, 11) is 0. The van der Waals surface area contributed by atoms with Crippen molar-refractivity contribution in [1.29, 1.82) is 0 Å². The molecule has 7 rings (SSSR count). The Labute approximate surface area is 289 Å². The third-order valence-corrected chi connectivity index (χ3v) is 9.38. The van der Waals surface area contributed by atoms with Crippen LogP contribution in [0.2, 0.25) is 0 Å². The molecule has 1 aliphatic rings. The standard InChI is InChI=1S/C39H38N6O5/c46-31-11-7-25(8-12-31)21-35-37(48)38(49)36(22-26-9-13-32(47)14-10-26)45(24-28-4-2-6-30(20-28)34-16-18-41-43-34)39(50)44(35)23-27-3-1-5-29(19-27)33-15-17-40-42-33/h1-20,35-38,46-49H,21-24H2,(H,40,42)(H,41,43)/t35-,36-,37+,38+/m1/s1. The van der Waals surface area contributed by atoms with Gasteiger partial charge in [-0.3, -0.25) is 10.2 Å². The maximum absolute atomic E-state index is 15.1. The molecule has 1 saturated heterocycles. The number of aromatic hydroxyl groups is 2. The molecule has 0 spiro atoms. The number of H-pyrrole nitrogens is 2. The lowest BCUT2D eigenvalue weighted by Crippen LogP contribution is -2.50. The van der Waals surface area contributed by atoms with E-state index < -0.39 is 24.3 Å². The van der Waals surface area contributed by atoms with Crippen molar-refractivity contribution in [2.24, 2.45) is 0 Å². The number of nitrogens with zero attached hydrogens (tertiary/aromatic N) is 4. The molecule has 2 amide bonds. The van der Waals surface area contributed by atoms with Crippen LogP contribution in [0.4, 0.5) is 4.79 Å². The third kappa shape index (κ3) is 7.09. The summed E-state index contributed by atoms with van der Waals surface area (Å²) >= 11 is 0. The Balaban J connectivity index is 1.31. The average Bonchev–Trinajstić information content (AvgIpc) is 3.88. The average molecular weight is 671 g/mol. The van der Waals surface area contributed by atoms with Gasteiger partial charge in [-0.1, -0.05) is 60.7 Å². The molecular weight excluding hydrogens is 632 g/mol. The van der Waals surface area contributed by atoms with Crippen LogP contribution in [0, 0.1) is 0 Å². The van der Waals surface area contributed by atoms with E-state index in [1.807, 2.05) is 60.7 Å². The second-order valence-electron chi connectivity index (χ2n) is 12.7. The highest BCUT2D eigenvalue weighted by Gasteiger charge is 2.46. The van der Waals surface area contributed by atoms with Crippen molar-refractivity contribution in [2.45, 2.75) is 50.2 Å². The number of benzene rings is 4. The van der Waals surface area contributed by atoms with E-state index in [-0.39, 0.29) is 43.5 Å². The van der Waals surface area contributed by atoms with Gasteiger partial charge in [0.25, 0.3) is 0 Å². The number of hydrogen-bond donors (Lipinski definition) is 6. The number of amides is 2. The number of urea groups is 1. The van der Waals surface area contributed by atoms with Crippen LogP contribution < -0.4 is 0 Å². The Kier molecular flexibility index (Phi) is 9.32. The Hall–Kier alpha value is -5.91. The number of hydrogen-bond acceptors (Lipinski definition) is 7. The van der Waals surface area contributed by atoms with Gasteiger partial charge in [0, 0.05) is 25.5 Å². The molecule has 4 aromatic carbocycles. The number of aliphatic hydroxyl groups excluding tert-OH is 2. The van der Waals surface area contributed by atoms with E-state index in [0.717, 1.165) is 44.8 Å². The van der Waals surface area contributed by atoms with Crippen LogP contribution >= 0.6 is 0 Å². The first kappa shape index (κ1) is 32.6. The minimum Gasteiger partial charge on any atom is -0.508 e. The molecule has 0 radical (unpaired) electrons. The molecule has 0 saturated carbocycles. The highest BCUT2D eigenvalue weighted by Crippen LogP contribution is 2.32. The number of phenols is 2. The Morgan fingerprint density at radius 2 is 0.980 bits per heavy atom. The highest BCUT2D eigenvalue weighted by atomic mass is 16.3. The van der Waals surface area contributed by atoms with Crippen molar-refractivity contribution in [2.75, 3.05) is 0 Å². The Morgan fingerprint density at radius 1 is 0.560 bits per heavy atom. The first-order chi connectivity index (χ1) is 24.3. The SMILES string of the molecule is O=C1N(Cc2cccc(-c3ccn[nH]3)c2)[C@H](Cc2ccc(O)cc2)[C@H](O)[C@@H](O)[C@@H](Cc2ccc(O)cc2)N1Cc1cccc(-c2ccn[nH]2)c1. The zero-order valence-corrected chi connectivity index (χ0v) is 27.2. The van der Waals surface area contributed by atoms with E-state index in [1.165, 1.54) is 0 Å². The van der Waals surface area contributed by atoms with Gasteiger partial charge >= 0.3 is 6.03 Å². The van der Waals surface area contributed by atoms with E-state index in [1.54, 1.807) is 70.7 Å². The van der Waals surface area contributed by atoms with Crippen molar-refractivity contribution in [3.63, 3.8) is 0 Å². The summed E-state index contributed by atoms with van der Waals surface area (Å²) in [5.74, 6) is 0.215. The lowest BCUT2D eigenvalue weighted by molar-refractivity contribution is -0.0408. The molecule has 11 heteroatoms. The van der Waals surface area contributed by atoms with E-state index in [9.17, 15) is 20.4 Å². The van der Waals surface area contributed by atoms with Crippen molar-refractivity contribution in [3.05, 3.63) is 144 Å². The van der Waals surface area contributed by atoms with Crippen LogP contribution in [-0.2, 0) is 25.9 Å². The van der Waals surface area contributed by atoms with Gasteiger partial charge in [0.15, 0.2) is 0 Å². The van der Waals surface area contributed by atoms with Gasteiger partial charge in [0.1, 0.15) is 23.7 Å². The molecule has 0 bridgehead atoms. The second-order valence-corrected chi connectivity index (χ2v) is 12.7. The fourth-order valence-electron chi connectivity index (χ4n) is 6.75. The number of aromatic nitrogens is 4. The number of carbonyl (C=O) groups is 1. The molecule has 11 nitrogen and oxygen atoms in total. The molecule has 4 atom stereocenters. The van der Waals surface area contributed by atoms with Gasteiger partial charge in [0.2, 0.25) is 0 Å². The molecule has 0 unspecified atom stereocenters. The summed E-state index contributed by atoms with van der Waals surface area (Å²) in [5, 5.41) is 58.2. The normalized spacial score (nSPS) is 19.4. The van der Waals surface area contributed by atoms with E-state index >= 15 is 4.79 Å². The van der Waals surface area contributed by atoms with Crippen LogP contribution in [0.5, 0.6) is 11.5 Å². The van der Waals surface area contributed by atoms with E-state index in [4.69, 9.17) is 0 Å². The Morgan fingerprint density at radius 3 is 1.36 bits per heavy atom. The van der Waals surface area contributed by atoms with Crippen LogP contribution in [0.1, 0.15) is 22.3 Å². The fourth-order valence-corrected chi connectivity index (χ4v) is 6.75. The predicted molar refractivity (Wildman–Crippen MR) is 188 cm³/mol. The van der Waals surface area contributed by atoms with Gasteiger partial charge in [-0.05, 0) is 94.8 Å². The summed E-state index contributed by atoms with van der Waals surface area (Å²) in [4.78, 5) is 18.4.